The van der Waals surface area contributed by atoms with Crippen LogP contribution in [0.2, 0.25) is 0 Å². The van der Waals surface area contributed by atoms with Crippen LogP contribution in [0.25, 0.3) is 88.1 Å². The SMILES string of the molecule is c1ccc(-c2cc(-n3c4ccccc4c4ccc(-n5c6ccccc6c6ccccc65)cc43)c3c(c2)oc2ccccc23)cc1. The molecule has 3 nitrogen and oxygen atoms in total. The van der Waals surface area contributed by atoms with Gasteiger partial charge in [0.2, 0.25) is 0 Å². The van der Waals surface area contributed by atoms with Crippen LogP contribution in [0.5, 0.6) is 0 Å². The molecule has 0 aliphatic heterocycles. The topological polar surface area (TPSA) is 23.0 Å². The number of para-hydroxylation sites is 4. The minimum atomic E-state index is 0.886. The highest BCUT2D eigenvalue weighted by molar-refractivity contribution is 6.16. The lowest BCUT2D eigenvalue weighted by atomic mass is 10.0. The highest BCUT2D eigenvalue weighted by atomic mass is 16.3. The Morgan fingerprint density at radius 1 is 0.356 bits per heavy atom. The summed E-state index contributed by atoms with van der Waals surface area (Å²) < 4.78 is 11.4. The van der Waals surface area contributed by atoms with Crippen molar-refractivity contribution in [3.8, 4) is 22.5 Å². The summed E-state index contributed by atoms with van der Waals surface area (Å²) in [6.07, 6.45) is 0. The van der Waals surface area contributed by atoms with Gasteiger partial charge in [-0.15, -0.1) is 0 Å². The fourth-order valence-electron chi connectivity index (χ4n) is 7.36. The zero-order valence-corrected chi connectivity index (χ0v) is 24.3. The first-order chi connectivity index (χ1) is 22.3. The minimum Gasteiger partial charge on any atom is -0.456 e. The Hall–Kier alpha value is -6.06. The summed E-state index contributed by atoms with van der Waals surface area (Å²) in [7, 11) is 0. The van der Waals surface area contributed by atoms with Crippen molar-refractivity contribution in [2.45, 2.75) is 0 Å². The average Bonchev–Trinajstić information content (AvgIpc) is 3.76. The number of rotatable bonds is 3. The number of hydrogen-bond donors (Lipinski definition) is 0. The summed E-state index contributed by atoms with van der Waals surface area (Å²) >= 11 is 0. The maximum atomic E-state index is 6.54. The van der Waals surface area contributed by atoms with Crippen LogP contribution in [0, 0.1) is 0 Å². The first-order valence-electron chi connectivity index (χ1n) is 15.4. The molecule has 0 fully saturated rings. The van der Waals surface area contributed by atoms with Gasteiger partial charge in [0.05, 0.1) is 33.1 Å². The second-order valence-electron chi connectivity index (χ2n) is 11.8. The first-order valence-corrected chi connectivity index (χ1v) is 15.4. The van der Waals surface area contributed by atoms with Crippen molar-refractivity contribution in [1.29, 1.82) is 0 Å². The molecule has 0 amide bonds. The van der Waals surface area contributed by atoms with Gasteiger partial charge in [0, 0.05) is 32.6 Å². The van der Waals surface area contributed by atoms with Crippen molar-refractivity contribution in [2.75, 3.05) is 0 Å². The van der Waals surface area contributed by atoms with Crippen LogP contribution in [-0.4, -0.2) is 9.13 Å². The monoisotopic (exact) mass is 574 g/mol. The third-order valence-corrected chi connectivity index (χ3v) is 9.30. The van der Waals surface area contributed by atoms with Crippen LogP contribution in [0.15, 0.2) is 162 Å². The number of nitrogens with zero attached hydrogens (tertiary/aromatic N) is 2. The highest BCUT2D eigenvalue weighted by Crippen LogP contribution is 2.42. The summed E-state index contributed by atoms with van der Waals surface area (Å²) in [5, 5.41) is 7.21. The quantitative estimate of drug-likeness (QED) is 0.206. The van der Waals surface area contributed by atoms with Gasteiger partial charge in [-0.1, -0.05) is 109 Å². The lowest BCUT2D eigenvalue weighted by Crippen LogP contribution is -1.98. The van der Waals surface area contributed by atoms with Crippen LogP contribution in [-0.2, 0) is 0 Å². The molecule has 0 spiro atoms. The number of aromatic nitrogens is 2. The van der Waals surface area contributed by atoms with Gasteiger partial charge in [-0.25, -0.2) is 0 Å². The van der Waals surface area contributed by atoms with Gasteiger partial charge < -0.3 is 13.6 Å². The van der Waals surface area contributed by atoms with Crippen molar-refractivity contribution in [3.05, 3.63) is 158 Å². The predicted molar refractivity (Wildman–Crippen MR) is 188 cm³/mol. The van der Waals surface area contributed by atoms with Crippen LogP contribution in [0.4, 0.5) is 0 Å². The standard InChI is InChI=1S/C42H26N2O/c1-2-12-27(13-3-1)28-24-39(42-34-17-7-11-21-40(34)45-41(42)25-28)44-37-20-10-6-16-32(37)33-23-22-29(26-38(33)44)43-35-18-8-4-14-30(35)31-15-5-9-19-36(31)43/h1-26H. The van der Waals surface area contributed by atoms with E-state index in [1.165, 1.54) is 38.1 Å². The molecule has 0 N–H and O–H groups in total. The third kappa shape index (κ3) is 3.46. The number of fused-ring (bicyclic) bond motifs is 9. The number of benzene rings is 7. The molecule has 3 heteroatoms. The predicted octanol–water partition coefficient (Wildman–Crippen LogP) is 11.4. The Kier molecular flexibility index (Phi) is 5.00. The summed E-state index contributed by atoms with van der Waals surface area (Å²) in [5.74, 6) is 0. The van der Waals surface area contributed by atoms with Gasteiger partial charge in [-0.2, -0.15) is 0 Å². The lowest BCUT2D eigenvalue weighted by Gasteiger charge is -2.14. The molecule has 45 heavy (non-hydrogen) atoms. The molecule has 0 aliphatic rings. The average molecular weight is 575 g/mol. The third-order valence-electron chi connectivity index (χ3n) is 9.30. The molecular formula is C42H26N2O. The van der Waals surface area contributed by atoms with Crippen molar-refractivity contribution in [2.24, 2.45) is 0 Å². The van der Waals surface area contributed by atoms with E-state index in [1.54, 1.807) is 0 Å². The molecule has 10 aromatic rings. The Bertz CT molecular complexity index is 2710. The van der Waals surface area contributed by atoms with Crippen molar-refractivity contribution in [3.63, 3.8) is 0 Å². The molecule has 3 aromatic heterocycles. The van der Waals surface area contributed by atoms with Gasteiger partial charge in [-0.05, 0) is 59.7 Å². The summed E-state index contributed by atoms with van der Waals surface area (Å²) in [6, 6.07) is 56.5. The molecule has 0 bridgehead atoms. The summed E-state index contributed by atoms with van der Waals surface area (Å²) in [4.78, 5) is 0. The van der Waals surface area contributed by atoms with E-state index in [2.05, 4.69) is 161 Å². The molecular weight excluding hydrogens is 548 g/mol. The van der Waals surface area contributed by atoms with Gasteiger partial charge >= 0.3 is 0 Å². The smallest absolute Gasteiger partial charge is 0.138 e. The fourth-order valence-corrected chi connectivity index (χ4v) is 7.36. The normalized spacial score (nSPS) is 12.0. The van der Waals surface area contributed by atoms with Crippen LogP contribution < -0.4 is 0 Å². The Morgan fingerprint density at radius 3 is 1.60 bits per heavy atom. The molecule has 0 aliphatic carbocycles. The van der Waals surface area contributed by atoms with Crippen molar-refractivity contribution < 1.29 is 4.42 Å². The molecule has 7 aromatic carbocycles. The Balaban J connectivity index is 1.36. The zero-order valence-electron chi connectivity index (χ0n) is 24.3. The van der Waals surface area contributed by atoms with E-state index in [9.17, 15) is 0 Å². The molecule has 10 rings (SSSR count). The number of furan rings is 1. The molecule has 0 unspecified atom stereocenters. The summed E-state index contributed by atoms with van der Waals surface area (Å²) in [5.41, 5.74) is 11.1. The van der Waals surface area contributed by atoms with E-state index in [0.717, 1.165) is 50.0 Å². The second-order valence-corrected chi connectivity index (χ2v) is 11.8. The molecule has 0 saturated heterocycles. The minimum absolute atomic E-state index is 0.886. The highest BCUT2D eigenvalue weighted by Gasteiger charge is 2.20. The van der Waals surface area contributed by atoms with E-state index in [1.807, 2.05) is 6.07 Å². The van der Waals surface area contributed by atoms with E-state index >= 15 is 0 Å². The van der Waals surface area contributed by atoms with E-state index < -0.39 is 0 Å². The summed E-state index contributed by atoms with van der Waals surface area (Å²) in [6.45, 7) is 0. The van der Waals surface area contributed by atoms with Gasteiger partial charge in [0.1, 0.15) is 11.2 Å². The maximum Gasteiger partial charge on any atom is 0.138 e. The van der Waals surface area contributed by atoms with Crippen molar-refractivity contribution in [1.82, 2.24) is 9.13 Å². The van der Waals surface area contributed by atoms with Crippen LogP contribution in [0.3, 0.4) is 0 Å². The fraction of sp³-hybridized carbons (Fsp3) is 0. The Morgan fingerprint density at radius 2 is 0.911 bits per heavy atom. The zero-order chi connectivity index (χ0) is 29.5. The molecule has 0 atom stereocenters. The largest absolute Gasteiger partial charge is 0.456 e. The van der Waals surface area contributed by atoms with Gasteiger partial charge in [-0.3, -0.25) is 0 Å². The van der Waals surface area contributed by atoms with Crippen molar-refractivity contribution >= 4 is 65.6 Å². The van der Waals surface area contributed by atoms with Gasteiger partial charge in [0.25, 0.3) is 0 Å². The second kappa shape index (κ2) is 9.22. The van der Waals surface area contributed by atoms with Crippen LogP contribution >= 0.6 is 0 Å². The van der Waals surface area contributed by atoms with Crippen LogP contribution in [0.1, 0.15) is 0 Å². The molecule has 0 radical (unpaired) electrons. The van der Waals surface area contributed by atoms with Gasteiger partial charge in [0.15, 0.2) is 0 Å². The van der Waals surface area contributed by atoms with E-state index in [4.69, 9.17) is 4.42 Å². The molecule has 3 heterocycles. The number of hydrogen-bond acceptors (Lipinski definition) is 1. The maximum absolute atomic E-state index is 6.54. The Labute approximate surface area is 258 Å². The van der Waals surface area contributed by atoms with E-state index in [-0.39, 0.29) is 0 Å². The lowest BCUT2D eigenvalue weighted by molar-refractivity contribution is 0.669. The van der Waals surface area contributed by atoms with E-state index in [0.29, 0.717) is 0 Å². The molecule has 0 saturated carbocycles. The molecule has 210 valence electrons. The first kappa shape index (κ1) is 24.4.